The largest absolute Gasteiger partial charge is 0.356 e. The molecular weight excluding hydrogens is 388 g/mol. The van der Waals surface area contributed by atoms with Gasteiger partial charge < -0.3 is 15.2 Å². The maximum Gasteiger partial charge on any atom is 0.257 e. The van der Waals surface area contributed by atoms with E-state index in [1.165, 1.54) is 0 Å². The highest BCUT2D eigenvalue weighted by Gasteiger charge is 2.09. The highest BCUT2D eigenvalue weighted by atomic mass is 35.5. The van der Waals surface area contributed by atoms with Crippen molar-refractivity contribution in [2.45, 2.75) is 32.7 Å². The average molecular weight is 413 g/mol. The molecule has 3 aromatic rings. The van der Waals surface area contributed by atoms with Crippen LogP contribution >= 0.6 is 11.6 Å². The summed E-state index contributed by atoms with van der Waals surface area (Å²) in [5.41, 5.74) is 3.13. The molecule has 0 aliphatic heterocycles. The summed E-state index contributed by atoms with van der Waals surface area (Å²) >= 11 is 5.81. The van der Waals surface area contributed by atoms with Crippen molar-refractivity contribution < 1.29 is 4.52 Å². The molecule has 2 heterocycles. The quantitative estimate of drug-likeness (QED) is 0.333. The van der Waals surface area contributed by atoms with Crippen LogP contribution in [0.25, 0.3) is 11.5 Å². The molecule has 0 saturated carbocycles. The van der Waals surface area contributed by atoms with E-state index < -0.39 is 0 Å². The number of halogens is 1. The lowest BCUT2D eigenvalue weighted by molar-refractivity contribution is 0.422. The summed E-state index contributed by atoms with van der Waals surface area (Å²) in [5, 5.41) is 11.1. The zero-order valence-electron chi connectivity index (χ0n) is 16.7. The first-order valence-electron chi connectivity index (χ1n) is 9.64. The van der Waals surface area contributed by atoms with Gasteiger partial charge in [0.2, 0.25) is 0 Å². The molecule has 0 unspecified atom stereocenters. The minimum atomic E-state index is 0.503. The maximum absolute atomic E-state index is 5.81. The monoisotopic (exact) mass is 412 g/mol. The number of hydrogen-bond acceptors (Lipinski definition) is 5. The number of hydrogen-bond donors (Lipinski definition) is 2. The Morgan fingerprint density at radius 1 is 1.14 bits per heavy atom. The fraction of sp³-hybridized carbons (Fsp3) is 0.333. The lowest BCUT2D eigenvalue weighted by atomic mass is 10.1. The van der Waals surface area contributed by atoms with Crippen molar-refractivity contribution in [3.8, 4) is 11.5 Å². The van der Waals surface area contributed by atoms with E-state index in [1.807, 2.05) is 30.3 Å². The second-order valence-electron chi connectivity index (χ2n) is 6.56. The number of nitrogens with one attached hydrogen (secondary N) is 2. The second kappa shape index (κ2) is 10.6. The molecule has 0 aliphatic rings. The van der Waals surface area contributed by atoms with Gasteiger partial charge in [0.15, 0.2) is 11.8 Å². The van der Waals surface area contributed by atoms with E-state index in [1.54, 1.807) is 19.3 Å². The topological polar surface area (TPSA) is 88.2 Å². The number of guanidine groups is 1. The summed E-state index contributed by atoms with van der Waals surface area (Å²) in [6.07, 6.45) is 4.43. The van der Waals surface area contributed by atoms with Crippen molar-refractivity contribution >= 4 is 17.6 Å². The fourth-order valence-electron chi connectivity index (χ4n) is 2.80. The van der Waals surface area contributed by atoms with Gasteiger partial charge in [-0.1, -0.05) is 41.9 Å². The molecule has 7 nitrogen and oxygen atoms in total. The fourth-order valence-corrected chi connectivity index (χ4v) is 2.91. The first kappa shape index (κ1) is 20.8. The highest BCUT2D eigenvalue weighted by molar-refractivity contribution is 6.29. The Morgan fingerprint density at radius 2 is 2.03 bits per heavy atom. The Kier molecular flexibility index (Phi) is 7.58. The molecule has 152 valence electrons. The third-order valence-electron chi connectivity index (χ3n) is 4.29. The van der Waals surface area contributed by atoms with E-state index in [-0.39, 0.29) is 0 Å². The molecule has 0 aliphatic carbocycles. The second-order valence-corrected chi connectivity index (χ2v) is 6.95. The Balaban J connectivity index is 1.51. The Bertz CT molecular complexity index is 938. The van der Waals surface area contributed by atoms with Crippen LogP contribution in [0.3, 0.4) is 0 Å². The van der Waals surface area contributed by atoms with Gasteiger partial charge in [-0.2, -0.15) is 4.98 Å². The van der Waals surface area contributed by atoms with Crippen LogP contribution in [0.2, 0.25) is 5.15 Å². The van der Waals surface area contributed by atoms with E-state index in [0.29, 0.717) is 17.6 Å². The van der Waals surface area contributed by atoms with Crippen LogP contribution in [-0.2, 0) is 19.4 Å². The Morgan fingerprint density at radius 3 is 2.79 bits per heavy atom. The van der Waals surface area contributed by atoms with Crippen LogP contribution in [0.15, 0.2) is 52.1 Å². The number of aromatic nitrogens is 3. The van der Waals surface area contributed by atoms with Crippen LogP contribution in [0.1, 0.15) is 30.3 Å². The molecule has 0 fully saturated rings. The molecular formula is C21H25ClN6O. The van der Waals surface area contributed by atoms with Gasteiger partial charge in [0, 0.05) is 38.3 Å². The van der Waals surface area contributed by atoms with Crippen LogP contribution in [-0.4, -0.2) is 34.7 Å². The van der Waals surface area contributed by atoms with Gasteiger partial charge in [0.05, 0.1) is 0 Å². The van der Waals surface area contributed by atoms with Gasteiger partial charge in [-0.25, -0.2) is 4.98 Å². The number of aliphatic imine (C=N–C) groups is 1. The number of rotatable bonds is 8. The number of benzene rings is 1. The van der Waals surface area contributed by atoms with Gasteiger partial charge in [-0.15, -0.1) is 0 Å². The molecule has 1 aromatic carbocycles. The molecule has 0 spiro atoms. The third kappa shape index (κ3) is 6.29. The maximum atomic E-state index is 5.81. The van der Waals surface area contributed by atoms with Gasteiger partial charge >= 0.3 is 0 Å². The normalized spacial score (nSPS) is 11.5. The van der Waals surface area contributed by atoms with Crippen molar-refractivity contribution in [2.75, 3.05) is 13.6 Å². The molecule has 29 heavy (non-hydrogen) atoms. The van der Waals surface area contributed by atoms with Crippen LogP contribution in [0.4, 0.5) is 0 Å². The molecule has 0 radical (unpaired) electrons. The minimum Gasteiger partial charge on any atom is -0.356 e. The van der Waals surface area contributed by atoms with Gasteiger partial charge in [0.25, 0.3) is 5.89 Å². The summed E-state index contributed by atoms with van der Waals surface area (Å²) in [7, 11) is 1.75. The predicted molar refractivity (Wildman–Crippen MR) is 115 cm³/mol. The molecule has 2 aromatic heterocycles. The minimum absolute atomic E-state index is 0.503. The van der Waals surface area contributed by atoms with Crippen molar-refractivity contribution in [1.29, 1.82) is 0 Å². The lowest BCUT2D eigenvalue weighted by Gasteiger charge is -2.12. The SMILES string of the molecule is CCCc1noc(-c2cccc(CNC(=NC)NCCc3ccc(Cl)nc3)c2)n1. The molecule has 8 heteroatoms. The molecule has 0 saturated heterocycles. The van der Waals surface area contributed by atoms with Crippen molar-refractivity contribution in [3.05, 3.63) is 64.7 Å². The summed E-state index contributed by atoms with van der Waals surface area (Å²) in [6.45, 7) is 3.47. The molecule has 2 N–H and O–H groups in total. The molecule has 0 atom stereocenters. The molecule has 0 amide bonds. The van der Waals surface area contributed by atoms with E-state index in [0.717, 1.165) is 54.3 Å². The van der Waals surface area contributed by atoms with Crippen LogP contribution in [0.5, 0.6) is 0 Å². The van der Waals surface area contributed by atoms with E-state index >= 15 is 0 Å². The van der Waals surface area contributed by atoms with Crippen molar-refractivity contribution in [2.24, 2.45) is 4.99 Å². The van der Waals surface area contributed by atoms with Gasteiger partial charge in [0.1, 0.15) is 5.15 Å². The van der Waals surface area contributed by atoms with Gasteiger partial charge in [-0.3, -0.25) is 4.99 Å². The summed E-state index contributed by atoms with van der Waals surface area (Å²) < 4.78 is 5.38. The first-order valence-corrected chi connectivity index (χ1v) is 10.0. The van der Waals surface area contributed by atoms with E-state index in [9.17, 15) is 0 Å². The number of aryl methyl sites for hydroxylation is 1. The third-order valence-corrected chi connectivity index (χ3v) is 4.52. The molecule has 3 rings (SSSR count). The summed E-state index contributed by atoms with van der Waals surface area (Å²) in [5.74, 6) is 2.03. The standard InChI is InChI=1S/C21H25ClN6O/c1-3-5-19-27-20(29-28-19)17-7-4-6-16(12-17)14-26-21(23-2)24-11-10-15-8-9-18(22)25-13-15/h4,6-9,12-13H,3,5,10-11,14H2,1-2H3,(H2,23,24,26). The summed E-state index contributed by atoms with van der Waals surface area (Å²) in [4.78, 5) is 12.8. The molecule has 0 bridgehead atoms. The van der Waals surface area contributed by atoms with Crippen molar-refractivity contribution in [1.82, 2.24) is 25.8 Å². The zero-order chi connectivity index (χ0) is 20.5. The lowest BCUT2D eigenvalue weighted by Crippen LogP contribution is -2.37. The average Bonchev–Trinajstić information content (AvgIpc) is 3.21. The zero-order valence-corrected chi connectivity index (χ0v) is 17.4. The number of pyridine rings is 1. The first-order chi connectivity index (χ1) is 14.2. The predicted octanol–water partition coefficient (Wildman–Crippen LogP) is 3.65. The van der Waals surface area contributed by atoms with Crippen LogP contribution < -0.4 is 10.6 Å². The Hall–Kier alpha value is -2.93. The Labute approximate surface area is 175 Å². The highest BCUT2D eigenvalue weighted by Crippen LogP contribution is 2.19. The van der Waals surface area contributed by atoms with Crippen LogP contribution in [0, 0.1) is 0 Å². The smallest absolute Gasteiger partial charge is 0.257 e. The van der Waals surface area contributed by atoms with Gasteiger partial charge in [-0.05, 0) is 42.2 Å². The number of nitrogens with zero attached hydrogens (tertiary/aromatic N) is 4. The van der Waals surface area contributed by atoms with E-state index in [4.69, 9.17) is 16.1 Å². The summed E-state index contributed by atoms with van der Waals surface area (Å²) in [6, 6.07) is 11.8. The van der Waals surface area contributed by atoms with E-state index in [2.05, 4.69) is 37.7 Å². The van der Waals surface area contributed by atoms with Crippen molar-refractivity contribution in [3.63, 3.8) is 0 Å².